The first kappa shape index (κ1) is 19.5. The summed E-state index contributed by atoms with van der Waals surface area (Å²) in [6, 6.07) is 12.4. The minimum absolute atomic E-state index is 0.167. The zero-order valence-electron chi connectivity index (χ0n) is 15.6. The molecule has 1 aliphatic heterocycles. The molecule has 2 aromatic rings. The average molecular weight is 388 g/mol. The van der Waals surface area contributed by atoms with E-state index >= 15 is 0 Å². The first-order valence-electron chi connectivity index (χ1n) is 9.01. The van der Waals surface area contributed by atoms with Gasteiger partial charge in [-0.2, -0.15) is 4.31 Å². The average Bonchev–Trinajstić information content (AvgIpc) is 2.69. The lowest BCUT2D eigenvalue weighted by Crippen LogP contribution is -2.40. The predicted molar refractivity (Wildman–Crippen MR) is 105 cm³/mol. The van der Waals surface area contributed by atoms with Crippen molar-refractivity contribution in [3.63, 3.8) is 0 Å². The number of para-hydroxylation sites is 1. The van der Waals surface area contributed by atoms with Crippen LogP contribution in [0.2, 0.25) is 0 Å². The summed E-state index contributed by atoms with van der Waals surface area (Å²) >= 11 is 0. The fourth-order valence-electron chi connectivity index (χ4n) is 3.09. The van der Waals surface area contributed by atoms with Gasteiger partial charge >= 0.3 is 0 Å². The Morgan fingerprint density at radius 3 is 2.56 bits per heavy atom. The molecule has 3 rings (SSSR count). The summed E-state index contributed by atoms with van der Waals surface area (Å²) in [4.78, 5) is 12.9. The molecular weight excluding hydrogens is 364 g/mol. The number of carbonyl (C=O) groups excluding carboxylic acids is 1. The number of hydrogen-bond donors (Lipinski definition) is 1. The Labute approximate surface area is 160 Å². The molecule has 2 aromatic carbocycles. The Hall–Kier alpha value is -2.22. The largest absolute Gasteiger partial charge is 0.379 e. The highest BCUT2D eigenvalue weighted by Gasteiger charge is 2.28. The molecule has 27 heavy (non-hydrogen) atoms. The maximum Gasteiger partial charge on any atom is 0.255 e. The third-order valence-corrected chi connectivity index (χ3v) is 6.73. The zero-order chi connectivity index (χ0) is 19.4. The highest BCUT2D eigenvalue weighted by atomic mass is 32.2. The van der Waals surface area contributed by atoms with E-state index in [1.807, 2.05) is 31.2 Å². The molecular formula is C20H24N2O4S. The van der Waals surface area contributed by atoms with Crippen LogP contribution in [0.15, 0.2) is 47.4 Å². The lowest BCUT2D eigenvalue weighted by atomic mass is 10.1. The van der Waals surface area contributed by atoms with Gasteiger partial charge in [-0.15, -0.1) is 0 Å². The molecule has 1 amide bonds. The Bertz CT molecular complexity index is 935. The quantitative estimate of drug-likeness (QED) is 0.855. The van der Waals surface area contributed by atoms with Crippen molar-refractivity contribution in [2.24, 2.45) is 0 Å². The van der Waals surface area contributed by atoms with Crippen LogP contribution in [0.3, 0.4) is 0 Å². The summed E-state index contributed by atoms with van der Waals surface area (Å²) in [6.07, 6.45) is 0.793. The molecule has 1 fully saturated rings. The van der Waals surface area contributed by atoms with Crippen LogP contribution < -0.4 is 5.32 Å². The molecule has 0 bridgehead atoms. The molecule has 6 nitrogen and oxygen atoms in total. The number of nitrogens with zero attached hydrogens (tertiary/aromatic N) is 1. The van der Waals surface area contributed by atoms with E-state index in [0.717, 1.165) is 17.7 Å². The van der Waals surface area contributed by atoms with Crippen LogP contribution in [0, 0.1) is 6.92 Å². The predicted octanol–water partition coefficient (Wildman–Crippen LogP) is 2.83. The van der Waals surface area contributed by atoms with Gasteiger partial charge in [0.25, 0.3) is 5.91 Å². The van der Waals surface area contributed by atoms with Crippen molar-refractivity contribution in [3.05, 3.63) is 59.2 Å². The van der Waals surface area contributed by atoms with E-state index in [9.17, 15) is 13.2 Å². The normalized spacial score (nSPS) is 15.5. The fraction of sp³-hybridized carbons (Fsp3) is 0.350. The Balaban J connectivity index is 1.89. The summed E-state index contributed by atoms with van der Waals surface area (Å²) in [5.74, 6) is -0.325. The molecule has 0 aromatic heterocycles. The topological polar surface area (TPSA) is 75.7 Å². The summed E-state index contributed by atoms with van der Waals surface area (Å²) < 4.78 is 32.6. The molecule has 1 N–H and O–H groups in total. The molecule has 0 saturated carbocycles. The first-order chi connectivity index (χ1) is 12.9. The highest BCUT2D eigenvalue weighted by Crippen LogP contribution is 2.23. The van der Waals surface area contributed by atoms with Crippen LogP contribution in [0.4, 0.5) is 5.69 Å². The van der Waals surface area contributed by atoms with Crippen molar-refractivity contribution in [2.75, 3.05) is 31.6 Å². The Morgan fingerprint density at radius 1 is 1.15 bits per heavy atom. The summed E-state index contributed by atoms with van der Waals surface area (Å²) in [7, 11) is -3.66. The van der Waals surface area contributed by atoms with Crippen LogP contribution in [0.1, 0.15) is 28.4 Å². The number of hydrogen-bond acceptors (Lipinski definition) is 4. The van der Waals surface area contributed by atoms with Crippen LogP contribution in [0.5, 0.6) is 0 Å². The Morgan fingerprint density at radius 2 is 1.85 bits per heavy atom. The minimum Gasteiger partial charge on any atom is -0.379 e. The van der Waals surface area contributed by atoms with Gasteiger partial charge < -0.3 is 10.1 Å². The summed E-state index contributed by atoms with van der Waals surface area (Å²) in [5, 5.41) is 2.89. The molecule has 1 heterocycles. The third-order valence-electron chi connectivity index (χ3n) is 4.68. The van der Waals surface area contributed by atoms with Gasteiger partial charge in [-0.05, 0) is 42.7 Å². The van der Waals surface area contributed by atoms with Gasteiger partial charge in [-0.25, -0.2) is 8.42 Å². The second kappa shape index (κ2) is 8.21. The van der Waals surface area contributed by atoms with Gasteiger partial charge in [0.15, 0.2) is 0 Å². The number of nitrogens with one attached hydrogen (secondary N) is 1. The Kier molecular flexibility index (Phi) is 5.94. The second-order valence-electron chi connectivity index (χ2n) is 6.46. The maximum absolute atomic E-state index is 13.0. The number of carbonyl (C=O) groups is 1. The van der Waals surface area contributed by atoms with Crippen molar-refractivity contribution in [3.8, 4) is 0 Å². The van der Waals surface area contributed by atoms with Crippen molar-refractivity contribution >= 4 is 21.6 Å². The van der Waals surface area contributed by atoms with Crippen molar-refractivity contribution in [2.45, 2.75) is 25.2 Å². The summed E-state index contributed by atoms with van der Waals surface area (Å²) in [5.41, 5.74) is 2.70. The molecule has 0 spiro atoms. The van der Waals surface area contributed by atoms with Gasteiger partial charge in [-0.1, -0.05) is 31.2 Å². The molecule has 0 radical (unpaired) electrons. The lowest BCUT2D eigenvalue weighted by Gasteiger charge is -2.26. The van der Waals surface area contributed by atoms with Gasteiger partial charge in [0.05, 0.1) is 18.1 Å². The van der Waals surface area contributed by atoms with Crippen LogP contribution in [0.25, 0.3) is 0 Å². The van der Waals surface area contributed by atoms with E-state index in [2.05, 4.69) is 5.32 Å². The number of aryl methyl sites for hydroxylation is 2. The molecule has 0 unspecified atom stereocenters. The van der Waals surface area contributed by atoms with E-state index < -0.39 is 10.0 Å². The molecule has 1 aliphatic rings. The summed E-state index contributed by atoms with van der Waals surface area (Å²) in [6.45, 7) is 5.16. The van der Waals surface area contributed by atoms with Crippen molar-refractivity contribution in [1.29, 1.82) is 0 Å². The lowest BCUT2D eigenvalue weighted by molar-refractivity contribution is 0.0730. The third kappa shape index (κ3) is 4.21. The van der Waals surface area contributed by atoms with Gasteiger partial charge in [0.1, 0.15) is 0 Å². The maximum atomic E-state index is 13.0. The van der Waals surface area contributed by atoms with Gasteiger partial charge in [0.2, 0.25) is 10.0 Å². The number of ether oxygens (including phenoxy) is 1. The number of sulfonamides is 1. The van der Waals surface area contributed by atoms with Crippen LogP contribution in [-0.4, -0.2) is 44.9 Å². The molecule has 1 saturated heterocycles. The van der Waals surface area contributed by atoms with E-state index in [-0.39, 0.29) is 10.8 Å². The monoisotopic (exact) mass is 388 g/mol. The molecule has 0 atom stereocenters. The highest BCUT2D eigenvalue weighted by molar-refractivity contribution is 7.89. The van der Waals surface area contributed by atoms with Gasteiger partial charge in [-0.3, -0.25) is 4.79 Å². The number of anilines is 1. The van der Waals surface area contributed by atoms with Crippen LogP contribution in [-0.2, 0) is 21.2 Å². The fourth-order valence-corrected chi connectivity index (χ4v) is 4.75. The van der Waals surface area contributed by atoms with E-state index in [1.54, 1.807) is 19.1 Å². The van der Waals surface area contributed by atoms with E-state index in [1.165, 1.54) is 10.4 Å². The van der Waals surface area contributed by atoms with E-state index in [0.29, 0.717) is 37.4 Å². The van der Waals surface area contributed by atoms with Crippen molar-refractivity contribution < 1.29 is 17.9 Å². The minimum atomic E-state index is -3.66. The van der Waals surface area contributed by atoms with E-state index in [4.69, 9.17) is 4.74 Å². The van der Waals surface area contributed by atoms with Crippen molar-refractivity contribution in [1.82, 2.24) is 4.31 Å². The smallest absolute Gasteiger partial charge is 0.255 e. The standard InChI is InChI=1S/C20H24N2O4S/c1-3-16-6-4-5-7-18(16)21-20(23)17-9-8-15(2)19(14-17)27(24,25)22-10-12-26-13-11-22/h4-9,14H,3,10-13H2,1-2H3,(H,21,23). The molecule has 7 heteroatoms. The molecule has 144 valence electrons. The van der Waals surface area contributed by atoms with Gasteiger partial charge in [0, 0.05) is 24.3 Å². The number of benzene rings is 2. The molecule has 0 aliphatic carbocycles. The van der Waals surface area contributed by atoms with Crippen LogP contribution >= 0.6 is 0 Å². The zero-order valence-corrected chi connectivity index (χ0v) is 16.4. The number of rotatable bonds is 5. The first-order valence-corrected chi connectivity index (χ1v) is 10.5. The number of morpholine rings is 1. The second-order valence-corrected chi connectivity index (χ2v) is 8.37. The number of amides is 1. The SMILES string of the molecule is CCc1ccccc1NC(=O)c1ccc(C)c(S(=O)(=O)N2CCOCC2)c1.